The molecular formula is C22H26N3O9P. The molecule has 188 valence electrons. The van der Waals surface area contributed by atoms with Crippen molar-refractivity contribution in [3.63, 3.8) is 0 Å². The van der Waals surface area contributed by atoms with Gasteiger partial charge in [-0.15, -0.1) is 6.42 Å². The minimum absolute atomic E-state index is 0.0524. The van der Waals surface area contributed by atoms with E-state index in [0.717, 1.165) is 6.08 Å². The fourth-order valence-corrected chi connectivity index (χ4v) is 4.89. The normalized spacial score (nSPS) is 28.5. The van der Waals surface area contributed by atoms with E-state index in [0.29, 0.717) is 0 Å². The molecule has 3 rings (SSSR count). The van der Waals surface area contributed by atoms with Crippen molar-refractivity contribution in [1.82, 2.24) is 15.3 Å². The summed E-state index contributed by atoms with van der Waals surface area (Å²) in [7, 11) is -3.08. The van der Waals surface area contributed by atoms with Gasteiger partial charge in [0.2, 0.25) is 0 Å². The number of carbonyl (C=O) groups is 2. The number of hydrogen-bond acceptors (Lipinski definition) is 10. The van der Waals surface area contributed by atoms with Crippen molar-refractivity contribution >= 4 is 19.6 Å². The number of para-hydroxylation sites is 1. The van der Waals surface area contributed by atoms with E-state index in [4.69, 9.17) is 20.2 Å². The van der Waals surface area contributed by atoms with Crippen molar-refractivity contribution in [1.29, 1.82) is 0 Å². The van der Waals surface area contributed by atoms with Gasteiger partial charge >= 0.3 is 13.7 Å². The Balaban J connectivity index is 1.80. The monoisotopic (exact) mass is 507 g/mol. The maximum atomic E-state index is 13.5. The molecule has 2 heterocycles. The third-order valence-electron chi connectivity index (χ3n) is 5.22. The molecule has 1 saturated heterocycles. The lowest BCUT2D eigenvalue weighted by molar-refractivity contribution is -0.142. The van der Waals surface area contributed by atoms with Gasteiger partial charge in [-0.25, -0.2) is 4.57 Å². The van der Waals surface area contributed by atoms with Crippen LogP contribution >= 0.6 is 7.75 Å². The number of nitrogens with zero attached hydrogens (tertiary/aromatic N) is 1. The standard InChI is InChI=1S/C22H26N3O9P/c1-5-22(29)19(27)17(33-21(22)25-12-11-18(26)23-15(25)3)13-32-35(30,24-14(2)20(28)31-4)34-16-9-7-6-8-10-16/h1,6-12,14,17,19,21,27,29H,3,13H2,2,4H3,(H,23,26)(H,24,30)/t14-,17+,19+,21+,22+,35-/m0/s1. The van der Waals surface area contributed by atoms with Gasteiger partial charge in [-0.05, 0) is 19.1 Å². The van der Waals surface area contributed by atoms with E-state index in [9.17, 15) is 24.4 Å². The Morgan fingerprint density at radius 1 is 1.46 bits per heavy atom. The topological polar surface area (TPSA) is 156 Å². The molecule has 0 radical (unpaired) electrons. The number of ether oxygens (including phenoxy) is 2. The maximum Gasteiger partial charge on any atom is 0.459 e. The minimum atomic E-state index is -4.24. The first-order valence-corrected chi connectivity index (χ1v) is 11.9. The summed E-state index contributed by atoms with van der Waals surface area (Å²) in [5, 5.41) is 26.6. The van der Waals surface area contributed by atoms with E-state index in [1.54, 1.807) is 18.2 Å². The van der Waals surface area contributed by atoms with E-state index in [-0.39, 0.29) is 11.6 Å². The van der Waals surface area contributed by atoms with Gasteiger partial charge in [-0.1, -0.05) is 30.7 Å². The van der Waals surface area contributed by atoms with Crippen LogP contribution in [0.25, 0.3) is 0 Å². The molecule has 0 saturated carbocycles. The molecule has 12 nitrogen and oxygen atoms in total. The lowest BCUT2D eigenvalue weighted by Gasteiger charge is -2.36. The van der Waals surface area contributed by atoms with Crippen LogP contribution in [0.15, 0.2) is 55.0 Å². The van der Waals surface area contributed by atoms with Gasteiger partial charge in [0, 0.05) is 12.3 Å². The highest BCUT2D eigenvalue weighted by Crippen LogP contribution is 2.46. The van der Waals surface area contributed by atoms with E-state index < -0.39 is 56.3 Å². The molecule has 2 aliphatic heterocycles. The molecule has 1 fully saturated rings. The molecule has 2 aliphatic rings. The van der Waals surface area contributed by atoms with E-state index in [2.05, 4.69) is 27.6 Å². The third-order valence-corrected chi connectivity index (χ3v) is 6.86. The Morgan fingerprint density at radius 2 is 2.14 bits per heavy atom. The highest BCUT2D eigenvalue weighted by molar-refractivity contribution is 7.52. The SMILES string of the molecule is C#C[C@@]1(O)[C@H](O)[C@@H](CO[P@@](=O)(N[C@@H](C)C(=O)OC)Oc2ccccc2)O[C@H]1N1C=CC(=O)NC1=C. The zero-order valence-corrected chi connectivity index (χ0v) is 19.9. The van der Waals surface area contributed by atoms with Crippen LogP contribution in [0.2, 0.25) is 0 Å². The lowest BCUT2D eigenvalue weighted by Crippen LogP contribution is -2.54. The molecule has 0 unspecified atom stereocenters. The zero-order valence-electron chi connectivity index (χ0n) is 19.0. The molecule has 6 atom stereocenters. The molecule has 1 aromatic rings. The maximum absolute atomic E-state index is 13.5. The van der Waals surface area contributed by atoms with Crippen molar-refractivity contribution in [3.8, 4) is 18.1 Å². The van der Waals surface area contributed by atoms with Crippen LogP contribution in [0.5, 0.6) is 5.75 Å². The summed E-state index contributed by atoms with van der Waals surface area (Å²) < 4.78 is 34.9. The van der Waals surface area contributed by atoms with E-state index >= 15 is 0 Å². The van der Waals surface area contributed by atoms with Crippen LogP contribution in [-0.2, 0) is 28.2 Å². The number of nitrogens with one attached hydrogen (secondary N) is 2. The van der Waals surface area contributed by atoms with E-state index in [1.165, 1.54) is 37.3 Å². The van der Waals surface area contributed by atoms with Crippen LogP contribution in [0, 0.1) is 12.3 Å². The quantitative estimate of drug-likeness (QED) is 0.206. The highest BCUT2D eigenvalue weighted by Gasteiger charge is 2.57. The summed E-state index contributed by atoms with van der Waals surface area (Å²) >= 11 is 0. The summed E-state index contributed by atoms with van der Waals surface area (Å²) in [6.45, 7) is 4.51. The first-order chi connectivity index (χ1) is 16.5. The van der Waals surface area contributed by atoms with Gasteiger partial charge in [0.15, 0.2) is 11.8 Å². The fraction of sp³-hybridized carbons (Fsp3) is 0.364. The fourth-order valence-electron chi connectivity index (χ4n) is 3.39. The summed E-state index contributed by atoms with van der Waals surface area (Å²) in [4.78, 5) is 24.6. The van der Waals surface area contributed by atoms with Crippen LogP contribution in [0.4, 0.5) is 0 Å². The second-order valence-corrected chi connectivity index (χ2v) is 9.37. The van der Waals surface area contributed by atoms with Gasteiger partial charge in [0.25, 0.3) is 5.91 Å². The van der Waals surface area contributed by atoms with Gasteiger partial charge in [-0.3, -0.25) is 14.1 Å². The summed E-state index contributed by atoms with van der Waals surface area (Å²) in [6, 6.07) is 6.97. The lowest BCUT2D eigenvalue weighted by atomic mass is 9.94. The van der Waals surface area contributed by atoms with Crippen molar-refractivity contribution < 1.29 is 42.9 Å². The first kappa shape index (κ1) is 26.4. The Morgan fingerprint density at radius 3 is 2.74 bits per heavy atom. The van der Waals surface area contributed by atoms with Crippen molar-refractivity contribution in [2.75, 3.05) is 13.7 Å². The van der Waals surface area contributed by atoms with Gasteiger partial charge in [0.05, 0.1) is 13.7 Å². The smallest absolute Gasteiger partial charge is 0.459 e. The van der Waals surface area contributed by atoms with Gasteiger partial charge in [0.1, 0.15) is 29.8 Å². The molecule has 0 spiro atoms. The number of aliphatic hydroxyl groups is 2. The van der Waals surface area contributed by atoms with Gasteiger partial charge in [-0.2, -0.15) is 5.09 Å². The number of methoxy groups -OCH3 is 1. The Bertz CT molecular complexity index is 1090. The molecule has 0 bridgehead atoms. The predicted molar refractivity (Wildman–Crippen MR) is 122 cm³/mol. The Labute approximate surface area is 202 Å². The van der Waals surface area contributed by atoms with Crippen molar-refractivity contribution in [2.45, 2.75) is 37.0 Å². The number of aliphatic hydroxyl groups excluding tert-OH is 1. The number of rotatable bonds is 9. The Kier molecular flexibility index (Phi) is 8.02. The minimum Gasteiger partial charge on any atom is -0.468 e. The molecule has 35 heavy (non-hydrogen) atoms. The van der Waals surface area contributed by atoms with Crippen LogP contribution in [0.1, 0.15) is 6.92 Å². The average molecular weight is 507 g/mol. The van der Waals surface area contributed by atoms with Crippen LogP contribution < -0.4 is 14.9 Å². The highest BCUT2D eigenvalue weighted by atomic mass is 31.2. The number of esters is 1. The molecular weight excluding hydrogens is 481 g/mol. The molecule has 4 N–H and O–H groups in total. The number of amides is 1. The van der Waals surface area contributed by atoms with Gasteiger partial charge < -0.3 is 34.4 Å². The zero-order chi connectivity index (χ0) is 25.8. The molecule has 0 aromatic heterocycles. The predicted octanol–water partition coefficient (Wildman–Crippen LogP) is 0.208. The van der Waals surface area contributed by atoms with Crippen molar-refractivity contribution in [3.05, 3.63) is 55.0 Å². The molecule has 1 aromatic carbocycles. The summed E-state index contributed by atoms with van der Waals surface area (Å²) in [6.07, 6.45) is 3.59. The molecule has 1 amide bonds. The second-order valence-electron chi connectivity index (χ2n) is 7.67. The molecule has 13 heteroatoms. The number of terminal acetylenes is 1. The summed E-state index contributed by atoms with van der Waals surface area (Å²) in [5.41, 5.74) is -2.25. The molecule has 0 aliphatic carbocycles. The largest absolute Gasteiger partial charge is 0.468 e. The number of carbonyl (C=O) groups excluding carboxylic acids is 2. The number of benzene rings is 1. The van der Waals surface area contributed by atoms with E-state index in [1.807, 2.05) is 0 Å². The first-order valence-electron chi connectivity index (χ1n) is 10.4. The van der Waals surface area contributed by atoms with Crippen LogP contribution in [0.3, 0.4) is 0 Å². The van der Waals surface area contributed by atoms with Crippen LogP contribution in [-0.4, -0.2) is 70.8 Å². The second kappa shape index (κ2) is 10.6. The van der Waals surface area contributed by atoms with Crippen molar-refractivity contribution in [2.24, 2.45) is 0 Å². The Hall–Kier alpha value is -3.17. The average Bonchev–Trinajstić information content (AvgIpc) is 3.08. The third kappa shape index (κ3) is 5.74. The number of hydrogen-bond donors (Lipinski definition) is 4. The summed E-state index contributed by atoms with van der Waals surface area (Å²) in [5.74, 6) is 1.17.